The molecule has 0 spiro atoms. The lowest BCUT2D eigenvalue weighted by Gasteiger charge is -2.53. The van der Waals surface area contributed by atoms with Gasteiger partial charge >= 0.3 is 0 Å². The molecule has 25 heavy (non-hydrogen) atoms. The van der Waals surface area contributed by atoms with Crippen molar-refractivity contribution in [3.05, 3.63) is 52.0 Å². The van der Waals surface area contributed by atoms with E-state index in [1.165, 1.54) is 41.9 Å². The Labute approximate surface area is 154 Å². The fraction of sp³-hybridized carbons (Fsp3) is 0.550. The maximum Gasteiger partial charge on any atom is 0.0895 e. The second-order valence-electron chi connectivity index (χ2n) is 7.24. The Morgan fingerprint density at radius 2 is 2.12 bits per heavy atom. The maximum atomic E-state index is 5.70. The van der Waals surface area contributed by atoms with Crippen molar-refractivity contribution < 1.29 is 4.74 Å². The first kappa shape index (κ1) is 17.2. The minimum Gasteiger partial charge on any atom is -0.378 e. The van der Waals surface area contributed by atoms with Crippen LogP contribution in [0.2, 0.25) is 0 Å². The predicted molar refractivity (Wildman–Crippen MR) is 102 cm³/mol. The summed E-state index contributed by atoms with van der Waals surface area (Å²) >= 11 is 1.89. The van der Waals surface area contributed by atoms with Gasteiger partial charge in [-0.15, -0.1) is 11.3 Å². The van der Waals surface area contributed by atoms with Gasteiger partial charge in [-0.3, -0.25) is 14.8 Å². The molecule has 0 radical (unpaired) electrons. The molecule has 2 fully saturated rings. The summed E-state index contributed by atoms with van der Waals surface area (Å²) < 4.78 is 5.70. The molecule has 0 aliphatic carbocycles. The summed E-state index contributed by atoms with van der Waals surface area (Å²) in [5.74, 6) is 0. The maximum absolute atomic E-state index is 5.70. The predicted octanol–water partition coefficient (Wildman–Crippen LogP) is 3.49. The second kappa shape index (κ2) is 7.54. The van der Waals surface area contributed by atoms with E-state index >= 15 is 0 Å². The van der Waals surface area contributed by atoms with E-state index in [1.54, 1.807) is 0 Å². The van der Waals surface area contributed by atoms with Gasteiger partial charge in [-0.1, -0.05) is 6.07 Å². The van der Waals surface area contributed by atoms with Crippen molar-refractivity contribution in [2.75, 3.05) is 26.7 Å². The van der Waals surface area contributed by atoms with Gasteiger partial charge in [0.25, 0.3) is 0 Å². The summed E-state index contributed by atoms with van der Waals surface area (Å²) in [5.41, 5.74) is 2.73. The molecule has 0 amide bonds. The summed E-state index contributed by atoms with van der Waals surface area (Å²) in [7, 11) is 1.83. The highest BCUT2D eigenvalue weighted by Gasteiger charge is 2.44. The van der Waals surface area contributed by atoms with Crippen molar-refractivity contribution in [3.63, 3.8) is 0 Å². The molecule has 2 aliphatic heterocycles. The van der Waals surface area contributed by atoms with Crippen molar-refractivity contribution in [2.45, 2.75) is 44.5 Å². The van der Waals surface area contributed by atoms with Crippen LogP contribution in [0.25, 0.3) is 0 Å². The molecule has 0 bridgehead atoms. The second-order valence-corrected chi connectivity index (χ2v) is 8.24. The quantitative estimate of drug-likeness (QED) is 0.819. The Morgan fingerprint density at radius 3 is 2.76 bits per heavy atom. The highest BCUT2D eigenvalue weighted by molar-refractivity contribution is 7.10. The van der Waals surface area contributed by atoms with Crippen molar-refractivity contribution in [1.82, 2.24) is 14.8 Å². The zero-order valence-electron chi connectivity index (χ0n) is 15.1. The van der Waals surface area contributed by atoms with E-state index in [0.717, 1.165) is 13.1 Å². The summed E-state index contributed by atoms with van der Waals surface area (Å²) in [5, 5.41) is 2.21. The first-order valence-electron chi connectivity index (χ1n) is 9.20. The number of nitrogens with zero attached hydrogens (tertiary/aromatic N) is 3. The molecule has 4 heterocycles. The zero-order chi connectivity index (χ0) is 17.2. The summed E-state index contributed by atoms with van der Waals surface area (Å²) in [6.45, 7) is 6.77. The van der Waals surface area contributed by atoms with Gasteiger partial charge in [0.2, 0.25) is 0 Å². The Kier molecular flexibility index (Phi) is 5.17. The average molecular weight is 358 g/mol. The van der Waals surface area contributed by atoms with Crippen LogP contribution in [0.5, 0.6) is 0 Å². The number of aromatic nitrogens is 1. The van der Waals surface area contributed by atoms with Crippen molar-refractivity contribution in [1.29, 1.82) is 0 Å². The van der Waals surface area contributed by atoms with Crippen LogP contribution in [0.4, 0.5) is 0 Å². The number of likely N-dealkylation sites (tertiary alicyclic amines) is 2. The Morgan fingerprint density at radius 1 is 1.28 bits per heavy atom. The minimum absolute atomic E-state index is 0.302. The van der Waals surface area contributed by atoms with E-state index in [9.17, 15) is 0 Å². The molecule has 2 aromatic heterocycles. The van der Waals surface area contributed by atoms with E-state index in [-0.39, 0.29) is 0 Å². The molecule has 4 nitrogen and oxygen atoms in total. The number of methoxy groups -OCH3 is 1. The van der Waals surface area contributed by atoms with Gasteiger partial charge in [0, 0.05) is 56.6 Å². The van der Waals surface area contributed by atoms with Gasteiger partial charge < -0.3 is 4.74 Å². The molecule has 2 saturated heterocycles. The molecule has 0 N–H and O–H groups in total. The third-order valence-electron chi connectivity index (χ3n) is 5.79. The lowest BCUT2D eigenvalue weighted by Crippen LogP contribution is -2.60. The van der Waals surface area contributed by atoms with Gasteiger partial charge in [0.1, 0.15) is 0 Å². The van der Waals surface area contributed by atoms with Gasteiger partial charge in [-0.25, -0.2) is 0 Å². The van der Waals surface area contributed by atoms with E-state index < -0.39 is 0 Å². The Bertz CT molecular complexity index is 681. The highest BCUT2D eigenvalue weighted by atomic mass is 32.1. The summed E-state index contributed by atoms with van der Waals surface area (Å²) in [6.07, 6.45) is 6.64. The molecule has 0 aromatic carbocycles. The number of piperidine rings is 1. The molecule has 0 unspecified atom stereocenters. The van der Waals surface area contributed by atoms with E-state index in [0.29, 0.717) is 18.2 Å². The van der Waals surface area contributed by atoms with Gasteiger partial charge in [0.05, 0.1) is 12.1 Å². The zero-order valence-corrected chi connectivity index (χ0v) is 15.9. The number of ether oxygens (including phenoxy) is 1. The minimum atomic E-state index is 0.302. The Balaban J connectivity index is 1.36. The molecule has 0 saturated carbocycles. The molecular formula is C20H27N3OS. The van der Waals surface area contributed by atoms with Gasteiger partial charge in [-0.05, 0) is 48.4 Å². The fourth-order valence-electron chi connectivity index (χ4n) is 4.21. The van der Waals surface area contributed by atoms with Crippen LogP contribution in [0, 0.1) is 6.92 Å². The van der Waals surface area contributed by atoms with Crippen LogP contribution >= 0.6 is 11.3 Å². The summed E-state index contributed by atoms with van der Waals surface area (Å²) in [6, 6.07) is 7.48. The average Bonchev–Trinajstić information content (AvgIpc) is 3.02. The van der Waals surface area contributed by atoms with Crippen LogP contribution in [-0.4, -0.2) is 53.7 Å². The van der Waals surface area contributed by atoms with Crippen LogP contribution in [-0.2, 0) is 11.3 Å². The molecule has 4 rings (SSSR count). The highest BCUT2D eigenvalue weighted by Crippen LogP contribution is 2.39. The number of hydrogen-bond donors (Lipinski definition) is 0. The van der Waals surface area contributed by atoms with Crippen molar-refractivity contribution in [2.24, 2.45) is 0 Å². The lowest BCUT2D eigenvalue weighted by molar-refractivity contribution is -0.117. The number of hydrogen-bond acceptors (Lipinski definition) is 5. The topological polar surface area (TPSA) is 28.6 Å². The van der Waals surface area contributed by atoms with Crippen molar-refractivity contribution in [3.8, 4) is 0 Å². The lowest BCUT2D eigenvalue weighted by atomic mass is 9.87. The Hall–Kier alpha value is -1.27. The monoisotopic (exact) mass is 357 g/mol. The van der Waals surface area contributed by atoms with Crippen LogP contribution in [0.15, 0.2) is 36.0 Å². The fourth-order valence-corrected chi connectivity index (χ4v) is 5.16. The number of rotatable bonds is 5. The third kappa shape index (κ3) is 3.51. The molecule has 2 aromatic rings. The van der Waals surface area contributed by atoms with Crippen molar-refractivity contribution >= 4 is 11.3 Å². The molecule has 5 heteroatoms. The van der Waals surface area contributed by atoms with Crippen LogP contribution in [0.1, 0.15) is 34.9 Å². The number of aryl methyl sites for hydroxylation is 1. The van der Waals surface area contributed by atoms with Gasteiger partial charge in [0.15, 0.2) is 0 Å². The van der Waals surface area contributed by atoms with Crippen LogP contribution < -0.4 is 0 Å². The van der Waals surface area contributed by atoms with E-state index in [4.69, 9.17) is 4.74 Å². The normalized spacial score (nSPS) is 25.8. The van der Waals surface area contributed by atoms with E-state index in [2.05, 4.69) is 39.2 Å². The molecule has 2 aliphatic rings. The smallest absolute Gasteiger partial charge is 0.0895 e. The first-order chi connectivity index (χ1) is 12.3. The summed E-state index contributed by atoms with van der Waals surface area (Å²) in [4.78, 5) is 11.1. The first-order valence-corrected chi connectivity index (χ1v) is 10.1. The molecular weight excluding hydrogens is 330 g/mol. The van der Waals surface area contributed by atoms with Gasteiger partial charge in [-0.2, -0.15) is 0 Å². The SMILES string of the molecule is CO[C@H]1CN(C2CCN(Cc3sccc3C)CC2)[C@H]1c1cccnc1. The van der Waals surface area contributed by atoms with Crippen LogP contribution in [0.3, 0.4) is 0 Å². The molecule has 134 valence electrons. The molecule has 2 atom stereocenters. The largest absolute Gasteiger partial charge is 0.378 e. The van der Waals surface area contributed by atoms with E-state index in [1.807, 2.05) is 36.9 Å². The standard InChI is InChI=1S/C20H27N3OS/c1-15-7-11-25-19(15)14-22-9-5-17(6-10-22)23-13-18(24-2)20(23)16-4-3-8-21-12-16/h3-4,7-8,11-12,17-18,20H,5-6,9-10,13-14H2,1-2H3/t18-,20-/m0/s1. The third-order valence-corrected chi connectivity index (χ3v) is 6.80. The number of thiophene rings is 1. The number of pyridine rings is 1.